The molecule has 0 aliphatic heterocycles. The second-order valence-electron chi connectivity index (χ2n) is 4.56. The number of hydrogen-bond donors (Lipinski definition) is 2. The van der Waals surface area contributed by atoms with Crippen LogP contribution in [-0.2, 0) is 4.79 Å². The lowest BCUT2D eigenvalue weighted by atomic mass is 9.62. The van der Waals surface area contributed by atoms with Crippen molar-refractivity contribution in [3.05, 3.63) is 0 Å². The van der Waals surface area contributed by atoms with Gasteiger partial charge in [-0.1, -0.05) is 19.1 Å². The van der Waals surface area contributed by atoms with Crippen LogP contribution in [0.2, 0.25) is 0 Å². The molecule has 0 aromatic heterocycles. The van der Waals surface area contributed by atoms with E-state index in [2.05, 4.69) is 18.5 Å². The van der Waals surface area contributed by atoms with Crippen molar-refractivity contribution in [1.82, 2.24) is 5.32 Å². The van der Waals surface area contributed by atoms with Crippen molar-refractivity contribution in [1.29, 1.82) is 0 Å². The Kier molecular flexibility index (Phi) is 5.05. The van der Waals surface area contributed by atoms with E-state index in [0.29, 0.717) is 10.9 Å². The van der Waals surface area contributed by atoms with Crippen molar-refractivity contribution in [3.8, 4) is 0 Å². The second kappa shape index (κ2) is 5.87. The van der Waals surface area contributed by atoms with Crippen LogP contribution < -0.4 is 11.1 Å². The summed E-state index contributed by atoms with van der Waals surface area (Å²) in [5, 5.41) is 2.94. The van der Waals surface area contributed by atoms with Gasteiger partial charge in [0.25, 0.3) is 0 Å². The minimum Gasteiger partial charge on any atom is -0.392 e. The van der Waals surface area contributed by atoms with Gasteiger partial charge in [0.1, 0.15) is 0 Å². The monoisotopic (exact) mass is 260 g/mol. The van der Waals surface area contributed by atoms with E-state index in [1.807, 2.05) is 0 Å². The fraction of sp³-hybridized carbons (Fsp3) is 0.818. The van der Waals surface area contributed by atoms with Crippen LogP contribution in [0.3, 0.4) is 0 Å². The molecule has 0 saturated heterocycles. The van der Waals surface area contributed by atoms with Gasteiger partial charge in [0.05, 0.1) is 10.4 Å². The summed E-state index contributed by atoms with van der Waals surface area (Å²) in [6, 6.07) is 0. The molecule has 0 bridgehead atoms. The molecule has 1 aliphatic carbocycles. The van der Waals surface area contributed by atoms with E-state index in [0.717, 1.165) is 31.6 Å². The van der Waals surface area contributed by atoms with E-state index in [1.165, 1.54) is 0 Å². The van der Waals surface area contributed by atoms with E-state index in [1.54, 1.807) is 11.8 Å². The Morgan fingerprint density at radius 2 is 2.25 bits per heavy atom. The van der Waals surface area contributed by atoms with Crippen molar-refractivity contribution in [3.63, 3.8) is 0 Å². The molecule has 1 saturated carbocycles. The number of amides is 1. The summed E-state index contributed by atoms with van der Waals surface area (Å²) in [6.07, 6.45) is 4.66. The van der Waals surface area contributed by atoms with Crippen LogP contribution in [0.1, 0.15) is 26.2 Å². The zero-order chi connectivity index (χ0) is 12.2. The van der Waals surface area contributed by atoms with Crippen molar-refractivity contribution < 1.29 is 4.79 Å². The van der Waals surface area contributed by atoms with Crippen LogP contribution in [0.25, 0.3) is 0 Å². The molecule has 1 fully saturated rings. The summed E-state index contributed by atoms with van der Waals surface area (Å²) in [5.41, 5.74) is 5.15. The molecule has 1 rings (SSSR count). The fourth-order valence-electron chi connectivity index (χ4n) is 2.22. The molecular formula is C11H20N2OS2. The Bertz CT molecular complexity index is 275. The van der Waals surface area contributed by atoms with Crippen LogP contribution >= 0.6 is 24.0 Å². The number of rotatable bonds is 6. The molecule has 0 unspecified atom stereocenters. The van der Waals surface area contributed by atoms with Crippen LogP contribution in [0.15, 0.2) is 0 Å². The summed E-state index contributed by atoms with van der Waals surface area (Å²) in [7, 11) is 0. The Hall–Kier alpha value is -0.290. The van der Waals surface area contributed by atoms with Crippen LogP contribution in [-0.4, -0.2) is 29.4 Å². The van der Waals surface area contributed by atoms with Gasteiger partial charge in [0, 0.05) is 6.54 Å². The molecular weight excluding hydrogens is 240 g/mol. The lowest BCUT2D eigenvalue weighted by molar-refractivity contribution is -0.132. The van der Waals surface area contributed by atoms with Crippen molar-refractivity contribution >= 4 is 34.9 Å². The molecule has 0 spiro atoms. The van der Waals surface area contributed by atoms with Gasteiger partial charge in [0.15, 0.2) is 0 Å². The summed E-state index contributed by atoms with van der Waals surface area (Å²) < 4.78 is 0. The van der Waals surface area contributed by atoms with Crippen molar-refractivity contribution in [2.45, 2.75) is 26.2 Å². The molecule has 0 atom stereocenters. The molecule has 3 nitrogen and oxygen atoms in total. The van der Waals surface area contributed by atoms with E-state index in [4.69, 9.17) is 18.0 Å². The number of hydrogen-bond acceptors (Lipinski definition) is 3. The van der Waals surface area contributed by atoms with Crippen LogP contribution in [0.4, 0.5) is 0 Å². The molecule has 16 heavy (non-hydrogen) atoms. The van der Waals surface area contributed by atoms with Crippen molar-refractivity contribution in [2.75, 3.05) is 18.6 Å². The maximum atomic E-state index is 12.0. The highest BCUT2D eigenvalue weighted by molar-refractivity contribution is 7.98. The zero-order valence-electron chi connectivity index (χ0n) is 9.91. The predicted octanol–water partition coefficient (Wildman–Crippen LogP) is 1.56. The summed E-state index contributed by atoms with van der Waals surface area (Å²) in [6.45, 7) is 2.84. The van der Waals surface area contributed by atoms with Gasteiger partial charge in [0.2, 0.25) is 5.91 Å². The largest absolute Gasteiger partial charge is 0.392 e. The first-order chi connectivity index (χ1) is 7.53. The lowest BCUT2D eigenvalue weighted by Gasteiger charge is -2.44. The van der Waals surface area contributed by atoms with Gasteiger partial charge >= 0.3 is 0 Å². The first-order valence-electron chi connectivity index (χ1n) is 5.60. The minimum atomic E-state index is -0.548. The van der Waals surface area contributed by atoms with Gasteiger partial charge in [-0.2, -0.15) is 11.8 Å². The Balaban J connectivity index is 2.41. The number of thioether (sulfide) groups is 1. The average Bonchev–Trinajstić information content (AvgIpc) is 2.18. The Morgan fingerprint density at radius 1 is 1.62 bits per heavy atom. The number of nitrogens with two attached hydrogens (primary N) is 1. The predicted molar refractivity (Wildman–Crippen MR) is 73.6 cm³/mol. The van der Waals surface area contributed by atoms with E-state index >= 15 is 0 Å². The van der Waals surface area contributed by atoms with Crippen molar-refractivity contribution in [2.24, 2.45) is 17.1 Å². The van der Waals surface area contributed by atoms with Gasteiger partial charge < -0.3 is 11.1 Å². The second-order valence-corrected chi connectivity index (χ2v) is 5.99. The maximum Gasteiger partial charge on any atom is 0.233 e. The number of thiocarbonyl (C=S) groups is 1. The third-order valence-corrected chi connectivity index (χ3v) is 4.20. The highest BCUT2D eigenvalue weighted by Gasteiger charge is 2.50. The molecule has 3 N–H and O–H groups in total. The average molecular weight is 260 g/mol. The van der Waals surface area contributed by atoms with E-state index < -0.39 is 5.41 Å². The lowest BCUT2D eigenvalue weighted by Crippen LogP contribution is -2.56. The third-order valence-electron chi connectivity index (χ3n) is 3.11. The minimum absolute atomic E-state index is 0.0270. The van der Waals surface area contributed by atoms with Crippen LogP contribution in [0, 0.1) is 11.3 Å². The highest BCUT2D eigenvalue weighted by atomic mass is 32.2. The zero-order valence-corrected chi connectivity index (χ0v) is 11.5. The Morgan fingerprint density at radius 3 is 2.69 bits per heavy atom. The maximum absolute atomic E-state index is 12.0. The van der Waals surface area contributed by atoms with Gasteiger partial charge in [-0.05, 0) is 37.2 Å². The topological polar surface area (TPSA) is 55.1 Å². The van der Waals surface area contributed by atoms with Gasteiger partial charge in [-0.15, -0.1) is 0 Å². The van der Waals surface area contributed by atoms with Crippen LogP contribution in [0.5, 0.6) is 0 Å². The molecule has 0 heterocycles. The summed E-state index contributed by atoms with van der Waals surface area (Å²) in [4.78, 5) is 12.4. The highest BCUT2D eigenvalue weighted by Crippen LogP contribution is 2.45. The first-order valence-corrected chi connectivity index (χ1v) is 7.40. The standard InChI is InChI=1S/C11H20N2OS2/c1-8-6-11(7-8,9(12)15)10(14)13-4-3-5-16-2/h8H,3-7H2,1-2H3,(H2,12,15)(H,13,14). The summed E-state index contributed by atoms with van der Waals surface area (Å²) >= 11 is 6.81. The molecule has 0 aromatic carbocycles. The van der Waals surface area contributed by atoms with E-state index in [-0.39, 0.29) is 5.91 Å². The van der Waals surface area contributed by atoms with Gasteiger partial charge in [-0.3, -0.25) is 4.79 Å². The molecule has 1 amide bonds. The molecule has 5 heteroatoms. The molecule has 0 aromatic rings. The quantitative estimate of drug-likeness (QED) is 0.562. The summed E-state index contributed by atoms with van der Waals surface area (Å²) in [5.74, 6) is 1.65. The first kappa shape index (κ1) is 13.8. The molecule has 1 aliphatic rings. The van der Waals surface area contributed by atoms with Gasteiger partial charge in [-0.25, -0.2) is 0 Å². The third kappa shape index (κ3) is 2.88. The number of nitrogens with one attached hydrogen (secondary N) is 1. The van der Waals surface area contributed by atoms with E-state index in [9.17, 15) is 4.79 Å². The SMILES string of the molecule is CSCCCNC(=O)C1(C(N)=S)CC(C)C1. The smallest absolute Gasteiger partial charge is 0.233 e. The Labute approximate surface area is 107 Å². The molecule has 92 valence electrons. The number of carbonyl (C=O) groups is 1. The fourth-order valence-corrected chi connectivity index (χ4v) is 2.91. The number of carbonyl (C=O) groups excluding carboxylic acids is 1. The molecule has 0 radical (unpaired) electrons. The normalized spacial score (nSPS) is 28.2.